The number of carbonyl (C=O) groups is 2. The molecule has 0 bridgehead atoms. The molecular weight excluding hydrogens is 488 g/mol. The number of hydrazine groups is 2. The molecule has 0 saturated heterocycles. The summed E-state index contributed by atoms with van der Waals surface area (Å²) < 4.78 is 0. The Balaban J connectivity index is 1.48. The predicted octanol–water partition coefficient (Wildman–Crippen LogP) is 5.60. The fourth-order valence-electron chi connectivity index (χ4n) is 6.13. The van der Waals surface area contributed by atoms with E-state index in [1.165, 1.54) is 5.56 Å². The summed E-state index contributed by atoms with van der Waals surface area (Å²) in [5.74, 6) is -1.04. The number of carbonyl (C=O) groups excluding carboxylic acids is 1. The second kappa shape index (κ2) is 11.1. The number of rotatable bonds is 8. The van der Waals surface area contributed by atoms with Crippen molar-refractivity contribution in [1.82, 2.24) is 10.4 Å². The van der Waals surface area contributed by atoms with Crippen LogP contribution in [0.4, 0.5) is 11.4 Å². The molecule has 0 unspecified atom stereocenters. The average molecular weight is 527 g/mol. The van der Waals surface area contributed by atoms with Crippen molar-refractivity contribution in [2.75, 3.05) is 23.5 Å². The number of benzene rings is 3. The lowest BCUT2D eigenvalue weighted by atomic mass is 9.83. The Bertz CT molecular complexity index is 1390. The van der Waals surface area contributed by atoms with Gasteiger partial charge in [-0.05, 0) is 78.1 Å². The molecule has 2 aliphatic heterocycles. The van der Waals surface area contributed by atoms with Crippen LogP contribution in [0.25, 0.3) is 0 Å². The Kier molecular flexibility index (Phi) is 7.62. The first-order chi connectivity index (χ1) is 18.9. The van der Waals surface area contributed by atoms with Crippen molar-refractivity contribution in [3.05, 3.63) is 93.0 Å². The summed E-state index contributed by atoms with van der Waals surface area (Å²) in [6, 6.07) is 16.6. The van der Waals surface area contributed by atoms with Crippen LogP contribution in [0.3, 0.4) is 0 Å². The third kappa shape index (κ3) is 4.99. The third-order valence-electron chi connectivity index (χ3n) is 8.31. The standard InChI is InChI=1S/C32H38N4O3/c1-5-21-9-8-10-22(6-2)30(21)32(39)35-16-15-23-11-12-24(17-25(23)19-35)27(18-29(37)38)26-13-14-28-31(20(26)4)33-34-36(28)7-3/h8-14,17,27,33-34H,5-7,15-16,18-19H2,1-4H3,(H,37,38)/t27-/m1/s1. The minimum atomic E-state index is -0.834. The zero-order valence-electron chi connectivity index (χ0n) is 23.3. The van der Waals surface area contributed by atoms with E-state index in [9.17, 15) is 14.7 Å². The Morgan fingerprint density at radius 2 is 1.74 bits per heavy atom. The van der Waals surface area contributed by atoms with Crippen molar-refractivity contribution >= 4 is 23.3 Å². The highest BCUT2D eigenvalue weighted by molar-refractivity contribution is 5.97. The highest BCUT2D eigenvalue weighted by Gasteiger charge is 2.29. The number of anilines is 2. The van der Waals surface area contributed by atoms with Gasteiger partial charge in [-0.1, -0.05) is 56.3 Å². The minimum absolute atomic E-state index is 0.00425. The molecule has 0 saturated carbocycles. The Morgan fingerprint density at radius 3 is 2.41 bits per heavy atom. The largest absolute Gasteiger partial charge is 0.481 e. The van der Waals surface area contributed by atoms with Crippen molar-refractivity contribution in [1.29, 1.82) is 0 Å². The molecule has 0 radical (unpaired) electrons. The molecule has 2 heterocycles. The number of carboxylic acids is 1. The molecule has 0 aliphatic carbocycles. The summed E-state index contributed by atoms with van der Waals surface area (Å²) >= 11 is 0. The lowest BCUT2D eigenvalue weighted by molar-refractivity contribution is -0.137. The van der Waals surface area contributed by atoms with Gasteiger partial charge >= 0.3 is 5.97 Å². The van der Waals surface area contributed by atoms with Crippen molar-refractivity contribution in [2.24, 2.45) is 0 Å². The van der Waals surface area contributed by atoms with Crippen LogP contribution in [0, 0.1) is 6.92 Å². The fraction of sp³-hybridized carbons (Fsp3) is 0.375. The number of hydrogen-bond donors (Lipinski definition) is 3. The maximum absolute atomic E-state index is 13.8. The Labute approximate surface area is 230 Å². The molecule has 7 nitrogen and oxygen atoms in total. The van der Waals surface area contributed by atoms with E-state index >= 15 is 0 Å². The van der Waals surface area contributed by atoms with E-state index in [4.69, 9.17) is 0 Å². The van der Waals surface area contributed by atoms with Gasteiger partial charge in [0, 0.05) is 31.1 Å². The molecule has 3 N–H and O–H groups in total. The second-order valence-corrected chi connectivity index (χ2v) is 10.5. The molecule has 5 rings (SSSR count). The minimum Gasteiger partial charge on any atom is -0.481 e. The number of carboxylic acid groups (broad SMARTS) is 1. The van der Waals surface area contributed by atoms with Gasteiger partial charge in [0.1, 0.15) is 0 Å². The highest BCUT2D eigenvalue weighted by atomic mass is 16.4. The molecule has 2 aliphatic rings. The molecule has 3 aromatic rings. The number of nitrogens with one attached hydrogen (secondary N) is 2. The first kappa shape index (κ1) is 26.8. The van der Waals surface area contributed by atoms with E-state index in [2.05, 4.69) is 74.2 Å². The van der Waals surface area contributed by atoms with Gasteiger partial charge in [-0.3, -0.25) is 14.6 Å². The summed E-state index contributed by atoms with van der Waals surface area (Å²) in [4.78, 5) is 27.8. The molecule has 7 heteroatoms. The van der Waals surface area contributed by atoms with Gasteiger partial charge < -0.3 is 15.4 Å². The maximum atomic E-state index is 13.8. The van der Waals surface area contributed by atoms with Gasteiger partial charge in [0.25, 0.3) is 5.91 Å². The molecule has 0 fully saturated rings. The third-order valence-corrected chi connectivity index (χ3v) is 8.31. The Morgan fingerprint density at radius 1 is 1.00 bits per heavy atom. The molecule has 3 aromatic carbocycles. The molecular formula is C32H38N4O3. The fourth-order valence-corrected chi connectivity index (χ4v) is 6.13. The number of aliphatic carboxylic acids is 1. The van der Waals surface area contributed by atoms with Crippen molar-refractivity contribution in [2.45, 2.75) is 65.8 Å². The van der Waals surface area contributed by atoms with Crippen LogP contribution in [-0.2, 0) is 30.6 Å². The van der Waals surface area contributed by atoms with Crippen LogP contribution in [0.15, 0.2) is 48.5 Å². The zero-order valence-corrected chi connectivity index (χ0v) is 23.3. The first-order valence-corrected chi connectivity index (χ1v) is 14.0. The van der Waals surface area contributed by atoms with E-state index < -0.39 is 5.97 Å². The highest BCUT2D eigenvalue weighted by Crippen LogP contribution is 2.40. The smallest absolute Gasteiger partial charge is 0.304 e. The number of aryl methyl sites for hydroxylation is 2. The van der Waals surface area contributed by atoms with E-state index in [0.29, 0.717) is 13.1 Å². The topological polar surface area (TPSA) is 84.9 Å². The Hall–Kier alpha value is -3.84. The van der Waals surface area contributed by atoms with Crippen molar-refractivity contribution < 1.29 is 14.7 Å². The quantitative estimate of drug-likeness (QED) is 0.355. The summed E-state index contributed by atoms with van der Waals surface area (Å²) in [6.07, 6.45) is 2.43. The van der Waals surface area contributed by atoms with Gasteiger partial charge in [-0.25, -0.2) is 0 Å². The average Bonchev–Trinajstić information content (AvgIpc) is 3.39. The van der Waals surface area contributed by atoms with E-state index in [0.717, 1.165) is 76.1 Å². The van der Waals surface area contributed by atoms with Gasteiger partial charge in [0.2, 0.25) is 0 Å². The van der Waals surface area contributed by atoms with Crippen molar-refractivity contribution in [3.63, 3.8) is 0 Å². The monoisotopic (exact) mass is 526 g/mol. The second-order valence-electron chi connectivity index (χ2n) is 10.5. The molecule has 39 heavy (non-hydrogen) atoms. The summed E-state index contributed by atoms with van der Waals surface area (Å²) in [5, 5.41) is 11.9. The summed E-state index contributed by atoms with van der Waals surface area (Å²) in [6.45, 7) is 10.3. The van der Waals surface area contributed by atoms with Crippen LogP contribution in [0.1, 0.15) is 82.4 Å². The normalized spacial score (nSPS) is 15.0. The summed E-state index contributed by atoms with van der Waals surface area (Å²) in [7, 11) is 0. The summed E-state index contributed by atoms with van der Waals surface area (Å²) in [5.41, 5.74) is 16.9. The van der Waals surface area contributed by atoms with Crippen LogP contribution in [0.5, 0.6) is 0 Å². The lowest BCUT2D eigenvalue weighted by Gasteiger charge is -2.31. The van der Waals surface area contributed by atoms with E-state index in [1.54, 1.807) is 0 Å². The lowest BCUT2D eigenvalue weighted by Crippen LogP contribution is -2.37. The molecule has 1 amide bonds. The van der Waals surface area contributed by atoms with Crippen molar-refractivity contribution in [3.8, 4) is 0 Å². The molecule has 0 spiro atoms. The van der Waals surface area contributed by atoms with Gasteiger partial charge in [0.15, 0.2) is 0 Å². The van der Waals surface area contributed by atoms with E-state index in [-0.39, 0.29) is 18.2 Å². The van der Waals surface area contributed by atoms with Gasteiger partial charge in [0.05, 0.1) is 17.8 Å². The number of nitrogens with zero attached hydrogens (tertiary/aromatic N) is 2. The van der Waals surface area contributed by atoms with Crippen LogP contribution < -0.4 is 16.0 Å². The number of fused-ring (bicyclic) bond motifs is 2. The molecule has 204 valence electrons. The number of hydrogen-bond acceptors (Lipinski definition) is 5. The van der Waals surface area contributed by atoms with Gasteiger partial charge in [-0.15, -0.1) is 5.53 Å². The zero-order chi connectivity index (χ0) is 27.7. The SMILES string of the molecule is CCc1cccc(CC)c1C(=O)N1CCc2ccc([C@@H](CC(=O)O)c3ccc4c(c3C)NNN4CC)cc2C1. The van der Waals surface area contributed by atoms with Crippen LogP contribution in [-0.4, -0.2) is 35.0 Å². The van der Waals surface area contributed by atoms with E-state index in [1.807, 2.05) is 22.9 Å². The van der Waals surface area contributed by atoms with Crippen LogP contribution >= 0.6 is 0 Å². The molecule has 1 atom stereocenters. The maximum Gasteiger partial charge on any atom is 0.304 e. The predicted molar refractivity (Wildman–Crippen MR) is 155 cm³/mol. The van der Waals surface area contributed by atoms with Gasteiger partial charge in [-0.2, -0.15) is 0 Å². The molecule has 0 aromatic heterocycles. The van der Waals surface area contributed by atoms with Crippen LogP contribution in [0.2, 0.25) is 0 Å². The first-order valence-electron chi connectivity index (χ1n) is 14.0. The number of amides is 1.